The quantitative estimate of drug-likeness (QED) is 0.158. The number of aryl methyl sites for hydroxylation is 1. The number of hydrazone groups is 1. The largest absolute Gasteiger partial charge is 0.484 e. The van der Waals surface area contributed by atoms with Crippen molar-refractivity contribution < 1.29 is 27.1 Å². The second-order valence-electron chi connectivity index (χ2n) is 9.16. The monoisotopic (exact) mass is 642 g/mol. The highest BCUT2D eigenvalue weighted by atomic mass is 35.5. The smallest absolute Gasteiger partial charge is 0.264 e. The lowest BCUT2D eigenvalue weighted by Gasteiger charge is -2.24. The van der Waals surface area contributed by atoms with Crippen molar-refractivity contribution in [2.45, 2.75) is 11.8 Å². The van der Waals surface area contributed by atoms with Gasteiger partial charge in [-0.2, -0.15) is 5.10 Å². The molecule has 0 aliphatic rings. The first-order valence-corrected chi connectivity index (χ1v) is 14.8. The molecule has 0 aliphatic heterocycles. The third kappa shape index (κ3) is 9.02. The molecule has 43 heavy (non-hydrogen) atoms. The summed E-state index contributed by atoms with van der Waals surface area (Å²) < 4.78 is 46.4. The molecule has 0 fully saturated rings. The summed E-state index contributed by atoms with van der Waals surface area (Å²) in [6.07, 6.45) is 1.36. The molecule has 0 aliphatic carbocycles. The Kier molecular flexibility index (Phi) is 10.4. The van der Waals surface area contributed by atoms with Crippen LogP contribution in [0.3, 0.4) is 0 Å². The summed E-state index contributed by atoms with van der Waals surface area (Å²) in [5.41, 5.74) is 4.34. The predicted octanol–water partition coefficient (Wildman–Crippen LogP) is 5.80. The third-order valence-corrected chi connectivity index (χ3v) is 8.04. The van der Waals surface area contributed by atoms with E-state index < -0.39 is 34.2 Å². The molecular weight excluding hydrogens is 618 g/mol. The van der Waals surface area contributed by atoms with Crippen molar-refractivity contribution in [3.8, 4) is 5.75 Å². The first kappa shape index (κ1) is 31.5. The minimum atomic E-state index is -4.17. The van der Waals surface area contributed by atoms with Gasteiger partial charge in [0.05, 0.1) is 16.8 Å². The zero-order chi connectivity index (χ0) is 31.0. The van der Waals surface area contributed by atoms with Gasteiger partial charge >= 0.3 is 0 Å². The van der Waals surface area contributed by atoms with Crippen molar-refractivity contribution in [1.82, 2.24) is 5.43 Å². The van der Waals surface area contributed by atoms with Gasteiger partial charge in [-0.25, -0.2) is 18.2 Å². The maximum Gasteiger partial charge on any atom is 0.264 e. The highest BCUT2D eigenvalue weighted by molar-refractivity contribution is 7.92. The van der Waals surface area contributed by atoms with E-state index in [1.807, 2.05) is 6.92 Å². The van der Waals surface area contributed by atoms with Crippen molar-refractivity contribution in [3.05, 3.63) is 118 Å². The number of nitrogens with one attached hydrogen (secondary N) is 2. The standard InChI is InChI=1S/C30H25Cl2FN4O5S/c1-20-2-12-28(13-3-20)43(40,41)37(26-15-22(31)14-23(32)16-26)18-29(38)36-34-17-21-4-10-27(11-5-21)42-19-30(39)35-25-8-6-24(33)7-9-25/h2-17H,18-19H2,1H3,(H,35,39)(H,36,38)/b34-17-. The van der Waals surface area contributed by atoms with Gasteiger partial charge in [0.2, 0.25) is 0 Å². The van der Waals surface area contributed by atoms with Crippen LogP contribution in [0.15, 0.2) is 101 Å². The summed E-state index contributed by atoms with van der Waals surface area (Å²) in [6, 6.07) is 22.3. The number of benzene rings is 4. The molecule has 2 amide bonds. The van der Waals surface area contributed by atoms with E-state index in [9.17, 15) is 22.4 Å². The third-order valence-electron chi connectivity index (χ3n) is 5.81. The minimum absolute atomic E-state index is 0.0132. The molecule has 4 rings (SSSR count). The summed E-state index contributed by atoms with van der Waals surface area (Å²) in [7, 11) is -4.17. The fourth-order valence-corrected chi connectivity index (χ4v) is 5.63. The number of hydrogen-bond acceptors (Lipinski definition) is 6. The topological polar surface area (TPSA) is 117 Å². The maximum absolute atomic E-state index is 13.5. The van der Waals surface area contributed by atoms with E-state index in [0.717, 1.165) is 9.87 Å². The molecule has 13 heteroatoms. The number of carbonyl (C=O) groups excluding carboxylic acids is 2. The Bertz CT molecular complexity index is 1710. The predicted molar refractivity (Wildman–Crippen MR) is 165 cm³/mol. The molecule has 0 heterocycles. The Morgan fingerprint density at radius 1 is 0.907 bits per heavy atom. The average Bonchev–Trinajstić information content (AvgIpc) is 2.96. The fraction of sp³-hybridized carbons (Fsp3) is 0.100. The van der Waals surface area contributed by atoms with E-state index in [1.54, 1.807) is 36.4 Å². The van der Waals surface area contributed by atoms with Gasteiger partial charge in [-0.15, -0.1) is 0 Å². The van der Waals surface area contributed by atoms with Crippen molar-refractivity contribution in [2.24, 2.45) is 5.10 Å². The molecule has 0 saturated carbocycles. The van der Waals surface area contributed by atoms with Crippen LogP contribution in [0.2, 0.25) is 10.0 Å². The second kappa shape index (κ2) is 14.1. The van der Waals surface area contributed by atoms with Gasteiger partial charge in [0, 0.05) is 15.7 Å². The molecule has 2 N–H and O–H groups in total. The van der Waals surface area contributed by atoms with Crippen LogP contribution in [0.25, 0.3) is 0 Å². The molecule has 0 saturated heterocycles. The Hall–Kier alpha value is -4.45. The summed E-state index contributed by atoms with van der Waals surface area (Å²) in [6.45, 7) is 0.963. The molecule has 0 bridgehead atoms. The van der Waals surface area contributed by atoms with Crippen LogP contribution in [-0.2, 0) is 19.6 Å². The van der Waals surface area contributed by atoms with Crippen LogP contribution in [-0.4, -0.2) is 39.6 Å². The van der Waals surface area contributed by atoms with Crippen LogP contribution in [0.1, 0.15) is 11.1 Å². The molecular formula is C30H25Cl2FN4O5S. The number of rotatable bonds is 11. The van der Waals surface area contributed by atoms with Gasteiger partial charge in [0.25, 0.3) is 21.8 Å². The summed E-state index contributed by atoms with van der Waals surface area (Å²) >= 11 is 12.2. The summed E-state index contributed by atoms with van der Waals surface area (Å²) in [5, 5.41) is 6.91. The fourth-order valence-electron chi connectivity index (χ4n) is 3.71. The first-order valence-electron chi connectivity index (χ1n) is 12.7. The van der Waals surface area contributed by atoms with Crippen molar-refractivity contribution in [3.63, 3.8) is 0 Å². The van der Waals surface area contributed by atoms with E-state index in [1.165, 1.54) is 60.8 Å². The van der Waals surface area contributed by atoms with Crippen LogP contribution < -0.4 is 19.8 Å². The molecule has 0 radical (unpaired) electrons. The number of anilines is 2. The summed E-state index contributed by atoms with van der Waals surface area (Å²) in [4.78, 5) is 24.8. The zero-order valence-corrected chi connectivity index (χ0v) is 25.0. The molecule has 0 atom stereocenters. The van der Waals surface area contributed by atoms with Gasteiger partial charge in [-0.1, -0.05) is 40.9 Å². The van der Waals surface area contributed by atoms with Crippen LogP contribution >= 0.6 is 23.2 Å². The Morgan fingerprint density at radius 2 is 1.53 bits per heavy atom. The van der Waals surface area contributed by atoms with Crippen LogP contribution in [0.4, 0.5) is 15.8 Å². The minimum Gasteiger partial charge on any atom is -0.484 e. The Morgan fingerprint density at radius 3 is 2.16 bits per heavy atom. The highest BCUT2D eigenvalue weighted by Gasteiger charge is 2.27. The van der Waals surface area contributed by atoms with Crippen molar-refractivity contribution >= 4 is 62.6 Å². The van der Waals surface area contributed by atoms with Crippen molar-refractivity contribution in [2.75, 3.05) is 22.8 Å². The number of ether oxygens (including phenoxy) is 1. The normalized spacial score (nSPS) is 11.3. The highest BCUT2D eigenvalue weighted by Crippen LogP contribution is 2.29. The molecule has 0 aromatic heterocycles. The number of carbonyl (C=O) groups is 2. The van der Waals surface area contributed by atoms with Gasteiger partial charge in [0.15, 0.2) is 6.61 Å². The Balaban J connectivity index is 1.37. The van der Waals surface area contributed by atoms with E-state index in [4.69, 9.17) is 27.9 Å². The van der Waals surface area contributed by atoms with Crippen molar-refractivity contribution in [1.29, 1.82) is 0 Å². The molecule has 0 spiro atoms. The first-order chi connectivity index (χ1) is 20.5. The van der Waals surface area contributed by atoms with E-state index >= 15 is 0 Å². The van der Waals surface area contributed by atoms with Crippen LogP contribution in [0, 0.1) is 12.7 Å². The van der Waals surface area contributed by atoms with E-state index in [2.05, 4.69) is 15.8 Å². The molecule has 222 valence electrons. The molecule has 4 aromatic carbocycles. The second-order valence-corrected chi connectivity index (χ2v) is 11.9. The lowest BCUT2D eigenvalue weighted by Crippen LogP contribution is -2.39. The van der Waals surface area contributed by atoms with E-state index in [0.29, 0.717) is 17.0 Å². The van der Waals surface area contributed by atoms with E-state index in [-0.39, 0.29) is 27.2 Å². The average molecular weight is 644 g/mol. The number of nitrogens with zero attached hydrogens (tertiary/aromatic N) is 2. The molecule has 9 nitrogen and oxygen atoms in total. The van der Waals surface area contributed by atoms with Gasteiger partial charge in [-0.05, 0) is 91.3 Å². The SMILES string of the molecule is Cc1ccc(S(=O)(=O)N(CC(=O)N/N=C\c2ccc(OCC(=O)Nc3ccc(F)cc3)cc2)c2cc(Cl)cc(Cl)c2)cc1. The maximum atomic E-state index is 13.5. The zero-order valence-electron chi connectivity index (χ0n) is 22.6. The molecule has 4 aromatic rings. The number of hydrogen-bond donors (Lipinski definition) is 2. The van der Waals surface area contributed by atoms with Gasteiger partial charge < -0.3 is 10.1 Å². The number of amides is 2. The number of sulfonamides is 1. The van der Waals surface area contributed by atoms with Gasteiger partial charge in [0.1, 0.15) is 18.1 Å². The van der Waals surface area contributed by atoms with Crippen LogP contribution in [0.5, 0.6) is 5.75 Å². The number of halogens is 3. The lowest BCUT2D eigenvalue weighted by molar-refractivity contribution is -0.119. The molecule has 0 unspecified atom stereocenters. The lowest BCUT2D eigenvalue weighted by atomic mass is 10.2. The summed E-state index contributed by atoms with van der Waals surface area (Å²) in [5.74, 6) is -1.13. The van der Waals surface area contributed by atoms with Gasteiger partial charge in [-0.3, -0.25) is 13.9 Å². The Labute approximate surface area is 257 Å².